The Morgan fingerprint density at radius 2 is 2.09 bits per heavy atom. The van der Waals surface area contributed by atoms with Gasteiger partial charge in [-0.2, -0.15) is 0 Å². The lowest BCUT2D eigenvalue weighted by atomic mass is 9.80. The summed E-state index contributed by atoms with van der Waals surface area (Å²) in [5.74, 6) is -1.18. The molecule has 0 unspecified atom stereocenters. The van der Waals surface area contributed by atoms with E-state index in [9.17, 15) is 9.59 Å². The molecule has 2 aromatic rings. The van der Waals surface area contributed by atoms with E-state index < -0.39 is 5.97 Å². The Balaban J connectivity index is 1.68. The van der Waals surface area contributed by atoms with Crippen LogP contribution >= 0.6 is 11.6 Å². The van der Waals surface area contributed by atoms with Crippen molar-refractivity contribution in [2.45, 2.75) is 18.9 Å². The van der Waals surface area contributed by atoms with Crippen LogP contribution < -0.4 is 10.6 Å². The number of carbonyl (C=O) groups excluding carboxylic acids is 1. The van der Waals surface area contributed by atoms with Crippen molar-refractivity contribution in [3.8, 4) is 0 Å². The van der Waals surface area contributed by atoms with E-state index in [1.165, 1.54) is 0 Å². The summed E-state index contributed by atoms with van der Waals surface area (Å²) in [6, 6.07) is 6.57. The van der Waals surface area contributed by atoms with Gasteiger partial charge >= 0.3 is 12.0 Å². The number of aromatic nitrogens is 1. The van der Waals surface area contributed by atoms with E-state index in [-0.39, 0.29) is 18.0 Å². The number of urea groups is 1. The van der Waals surface area contributed by atoms with Crippen LogP contribution in [0.5, 0.6) is 0 Å². The highest BCUT2D eigenvalue weighted by Crippen LogP contribution is 2.28. The summed E-state index contributed by atoms with van der Waals surface area (Å²) in [4.78, 5) is 27.0. The SMILES string of the molecule is O=C(Nc1cc(Cl)cc2cccnc12)NC1CC(C(=O)O)C1. The molecule has 0 bridgehead atoms. The van der Waals surface area contributed by atoms with E-state index in [4.69, 9.17) is 16.7 Å². The van der Waals surface area contributed by atoms with Crippen molar-refractivity contribution >= 4 is 40.2 Å². The quantitative estimate of drug-likeness (QED) is 0.811. The zero-order valence-corrected chi connectivity index (χ0v) is 12.3. The fourth-order valence-corrected chi connectivity index (χ4v) is 2.76. The second-order valence-corrected chi connectivity index (χ2v) is 5.77. The van der Waals surface area contributed by atoms with Crippen LogP contribution in [0.3, 0.4) is 0 Å². The van der Waals surface area contributed by atoms with Gasteiger partial charge in [0.2, 0.25) is 0 Å². The van der Waals surface area contributed by atoms with Crippen LogP contribution in [0.15, 0.2) is 30.5 Å². The number of carboxylic acids is 1. The molecular formula is C15H14ClN3O3. The maximum absolute atomic E-state index is 12.0. The third kappa shape index (κ3) is 2.96. The number of hydrogen-bond donors (Lipinski definition) is 3. The average molecular weight is 320 g/mol. The van der Waals surface area contributed by atoms with Gasteiger partial charge in [0.15, 0.2) is 0 Å². The molecule has 22 heavy (non-hydrogen) atoms. The number of carbonyl (C=O) groups is 2. The molecule has 0 aliphatic heterocycles. The molecule has 0 spiro atoms. The minimum atomic E-state index is -0.816. The number of nitrogens with zero attached hydrogens (tertiary/aromatic N) is 1. The number of aliphatic carboxylic acids is 1. The summed E-state index contributed by atoms with van der Waals surface area (Å²) in [6.07, 6.45) is 2.55. The van der Waals surface area contributed by atoms with Gasteiger partial charge in [-0.1, -0.05) is 17.7 Å². The fourth-order valence-electron chi connectivity index (χ4n) is 2.53. The minimum Gasteiger partial charge on any atom is -0.481 e. The standard InChI is InChI=1S/C15H14ClN3O3/c16-10-4-8-2-1-3-17-13(8)12(7-10)19-15(22)18-11-5-9(6-11)14(20)21/h1-4,7,9,11H,5-6H2,(H,20,21)(H2,18,19,22). The van der Waals surface area contributed by atoms with Crippen molar-refractivity contribution < 1.29 is 14.7 Å². The predicted molar refractivity (Wildman–Crippen MR) is 83.1 cm³/mol. The van der Waals surface area contributed by atoms with E-state index in [2.05, 4.69) is 15.6 Å². The van der Waals surface area contributed by atoms with Crippen LogP contribution in [-0.2, 0) is 4.79 Å². The highest BCUT2D eigenvalue weighted by atomic mass is 35.5. The molecule has 1 fully saturated rings. The monoisotopic (exact) mass is 319 g/mol. The molecule has 0 saturated heterocycles. The smallest absolute Gasteiger partial charge is 0.319 e. The first-order chi connectivity index (χ1) is 10.5. The first-order valence-corrected chi connectivity index (χ1v) is 7.25. The van der Waals surface area contributed by atoms with Crippen LogP contribution in [0.1, 0.15) is 12.8 Å². The van der Waals surface area contributed by atoms with E-state index >= 15 is 0 Å². The Morgan fingerprint density at radius 1 is 1.32 bits per heavy atom. The van der Waals surface area contributed by atoms with Crippen molar-refractivity contribution in [2.24, 2.45) is 5.92 Å². The Bertz CT molecular complexity index is 744. The Hall–Kier alpha value is -2.34. The predicted octanol–water partition coefficient (Wildman–Crippen LogP) is 2.87. The molecule has 7 heteroatoms. The lowest BCUT2D eigenvalue weighted by Crippen LogP contribution is -2.48. The number of pyridine rings is 1. The van der Waals surface area contributed by atoms with Crippen LogP contribution in [0.4, 0.5) is 10.5 Å². The maximum Gasteiger partial charge on any atom is 0.319 e. The lowest BCUT2D eigenvalue weighted by molar-refractivity contribution is -0.145. The van der Waals surface area contributed by atoms with Crippen LogP contribution in [0.25, 0.3) is 10.9 Å². The number of fused-ring (bicyclic) bond motifs is 1. The summed E-state index contributed by atoms with van der Waals surface area (Å²) in [5.41, 5.74) is 1.17. The molecule has 1 aliphatic rings. The topological polar surface area (TPSA) is 91.3 Å². The third-order valence-corrected chi connectivity index (χ3v) is 3.96. The minimum absolute atomic E-state index is 0.112. The summed E-state index contributed by atoms with van der Waals surface area (Å²) in [7, 11) is 0. The molecule has 2 amide bonds. The van der Waals surface area contributed by atoms with Crippen LogP contribution in [0, 0.1) is 5.92 Å². The Labute approximate surface area is 131 Å². The molecule has 0 atom stereocenters. The lowest BCUT2D eigenvalue weighted by Gasteiger charge is -2.32. The number of carboxylic acid groups (broad SMARTS) is 1. The van der Waals surface area contributed by atoms with Crippen molar-refractivity contribution in [3.05, 3.63) is 35.5 Å². The van der Waals surface area contributed by atoms with Gasteiger partial charge in [-0.3, -0.25) is 9.78 Å². The Morgan fingerprint density at radius 3 is 2.82 bits per heavy atom. The van der Waals surface area contributed by atoms with Crippen molar-refractivity contribution in [3.63, 3.8) is 0 Å². The van der Waals surface area contributed by atoms with Gasteiger partial charge < -0.3 is 15.7 Å². The molecule has 1 aromatic carbocycles. The highest BCUT2D eigenvalue weighted by Gasteiger charge is 2.35. The molecule has 1 aromatic heterocycles. The van der Waals surface area contributed by atoms with Crippen LogP contribution in [0.2, 0.25) is 5.02 Å². The summed E-state index contributed by atoms with van der Waals surface area (Å²) in [5, 5.41) is 15.6. The van der Waals surface area contributed by atoms with E-state index in [0.717, 1.165) is 5.39 Å². The van der Waals surface area contributed by atoms with Crippen LogP contribution in [-0.4, -0.2) is 28.1 Å². The summed E-state index contributed by atoms with van der Waals surface area (Å²) in [6.45, 7) is 0. The van der Waals surface area contributed by atoms with Crippen molar-refractivity contribution in [1.82, 2.24) is 10.3 Å². The highest BCUT2D eigenvalue weighted by molar-refractivity contribution is 6.32. The molecule has 3 N–H and O–H groups in total. The average Bonchev–Trinajstić information content (AvgIpc) is 2.41. The molecule has 114 valence electrons. The number of hydrogen-bond acceptors (Lipinski definition) is 3. The normalized spacial score (nSPS) is 20.2. The zero-order chi connectivity index (χ0) is 15.7. The fraction of sp³-hybridized carbons (Fsp3) is 0.267. The van der Waals surface area contributed by atoms with Gasteiger partial charge in [-0.15, -0.1) is 0 Å². The largest absolute Gasteiger partial charge is 0.481 e. The second kappa shape index (κ2) is 5.81. The number of anilines is 1. The van der Waals surface area contributed by atoms with Gasteiger partial charge in [0.25, 0.3) is 0 Å². The molecule has 1 heterocycles. The first kappa shape index (κ1) is 14.6. The number of nitrogens with one attached hydrogen (secondary N) is 2. The second-order valence-electron chi connectivity index (χ2n) is 5.33. The molecule has 6 nitrogen and oxygen atoms in total. The molecule has 3 rings (SSSR count). The molecular weight excluding hydrogens is 306 g/mol. The molecule has 1 saturated carbocycles. The van der Waals surface area contributed by atoms with Crippen molar-refractivity contribution in [2.75, 3.05) is 5.32 Å². The van der Waals surface area contributed by atoms with E-state index in [1.54, 1.807) is 24.4 Å². The molecule has 1 aliphatic carbocycles. The Kier molecular flexibility index (Phi) is 3.85. The first-order valence-electron chi connectivity index (χ1n) is 6.87. The maximum atomic E-state index is 12.0. The van der Waals surface area contributed by atoms with E-state index in [0.29, 0.717) is 29.1 Å². The van der Waals surface area contributed by atoms with Gasteiger partial charge in [0.05, 0.1) is 17.1 Å². The third-order valence-electron chi connectivity index (χ3n) is 3.74. The number of halogens is 1. The summed E-state index contributed by atoms with van der Waals surface area (Å²) >= 11 is 6.04. The van der Waals surface area contributed by atoms with Crippen molar-refractivity contribution in [1.29, 1.82) is 0 Å². The van der Waals surface area contributed by atoms with Gasteiger partial charge in [-0.05, 0) is 31.0 Å². The van der Waals surface area contributed by atoms with Gasteiger partial charge in [0, 0.05) is 22.6 Å². The van der Waals surface area contributed by atoms with E-state index in [1.807, 2.05) is 6.07 Å². The molecule has 0 radical (unpaired) electrons. The van der Waals surface area contributed by atoms with Gasteiger partial charge in [0.1, 0.15) is 0 Å². The van der Waals surface area contributed by atoms with Gasteiger partial charge in [-0.25, -0.2) is 4.79 Å². The number of amides is 2. The number of rotatable bonds is 3. The number of benzene rings is 1. The summed E-state index contributed by atoms with van der Waals surface area (Å²) < 4.78 is 0. The zero-order valence-electron chi connectivity index (χ0n) is 11.5.